The van der Waals surface area contributed by atoms with Gasteiger partial charge in [0, 0.05) is 32.3 Å². The van der Waals surface area contributed by atoms with Gasteiger partial charge in [-0.25, -0.2) is 0 Å². The van der Waals surface area contributed by atoms with E-state index in [4.69, 9.17) is 10.5 Å². The molecule has 1 unspecified atom stereocenters. The molecule has 0 spiro atoms. The van der Waals surface area contributed by atoms with Crippen molar-refractivity contribution in [3.05, 3.63) is 35.9 Å². The molecule has 0 amide bonds. The van der Waals surface area contributed by atoms with E-state index in [1.54, 1.807) is 0 Å². The minimum Gasteiger partial charge on any atom is -0.377 e. The van der Waals surface area contributed by atoms with E-state index < -0.39 is 0 Å². The second-order valence-electron chi connectivity index (χ2n) is 5.29. The summed E-state index contributed by atoms with van der Waals surface area (Å²) in [6, 6.07) is 11.5. The maximum atomic E-state index is 5.75. The average Bonchev–Trinajstić information content (AvgIpc) is 3.27. The monoisotopic (exact) mass is 262 g/mol. The fraction of sp³-hybridized carbons (Fsp3) is 0.625. The molecule has 0 saturated heterocycles. The molecule has 1 aliphatic carbocycles. The molecule has 0 aromatic heterocycles. The summed E-state index contributed by atoms with van der Waals surface area (Å²) in [4.78, 5) is 2.58. The molecule has 106 valence electrons. The largest absolute Gasteiger partial charge is 0.377 e. The molecule has 3 heteroatoms. The van der Waals surface area contributed by atoms with E-state index in [0.717, 1.165) is 32.2 Å². The Labute approximate surface area is 116 Å². The molecular weight excluding hydrogens is 236 g/mol. The summed E-state index contributed by atoms with van der Waals surface area (Å²) in [5.74, 6) is 0. The first-order valence-corrected chi connectivity index (χ1v) is 7.43. The van der Waals surface area contributed by atoms with Gasteiger partial charge in [0.15, 0.2) is 0 Å². The Hall–Kier alpha value is -0.900. The van der Waals surface area contributed by atoms with E-state index in [1.807, 2.05) is 6.92 Å². The molecular formula is C16H26N2O. The third-order valence-corrected chi connectivity index (χ3v) is 3.70. The van der Waals surface area contributed by atoms with E-state index >= 15 is 0 Å². The Morgan fingerprint density at radius 2 is 2.05 bits per heavy atom. The highest BCUT2D eigenvalue weighted by Gasteiger charge is 2.29. The van der Waals surface area contributed by atoms with Gasteiger partial charge in [-0.2, -0.15) is 0 Å². The van der Waals surface area contributed by atoms with Crippen molar-refractivity contribution in [1.82, 2.24) is 4.90 Å². The number of rotatable bonds is 9. The molecule has 1 aromatic rings. The van der Waals surface area contributed by atoms with Gasteiger partial charge in [-0.1, -0.05) is 30.3 Å². The van der Waals surface area contributed by atoms with Crippen molar-refractivity contribution in [3.8, 4) is 0 Å². The molecule has 1 atom stereocenters. The number of hydrogen-bond acceptors (Lipinski definition) is 3. The van der Waals surface area contributed by atoms with Crippen LogP contribution in [0.5, 0.6) is 0 Å². The van der Waals surface area contributed by atoms with Crippen molar-refractivity contribution in [2.45, 2.75) is 44.9 Å². The molecule has 1 aliphatic rings. The van der Waals surface area contributed by atoms with Crippen LogP contribution in [0.2, 0.25) is 0 Å². The van der Waals surface area contributed by atoms with E-state index in [0.29, 0.717) is 6.54 Å². The molecule has 19 heavy (non-hydrogen) atoms. The zero-order chi connectivity index (χ0) is 13.5. The summed E-state index contributed by atoms with van der Waals surface area (Å²) in [5.41, 5.74) is 7.14. The first-order valence-electron chi connectivity index (χ1n) is 7.43. The number of benzene rings is 1. The Balaban J connectivity index is 1.83. The highest BCUT2D eigenvalue weighted by Crippen LogP contribution is 2.28. The second kappa shape index (κ2) is 7.63. The lowest BCUT2D eigenvalue weighted by Gasteiger charge is -2.24. The minimum absolute atomic E-state index is 0.210. The van der Waals surface area contributed by atoms with Gasteiger partial charge in [-0.05, 0) is 31.7 Å². The van der Waals surface area contributed by atoms with Crippen LogP contribution in [0.15, 0.2) is 30.3 Å². The number of ether oxygens (including phenoxy) is 1. The SMILES string of the molecule is CCOC(CN)CCN(Cc1ccccc1)C1CC1. The van der Waals surface area contributed by atoms with Gasteiger partial charge in [0.1, 0.15) is 0 Å². The van der Waals surface area contributed by atoms with Gasteiger partial charge in [0.25, 0.3) is 0 Å². The molecule has 0 radical (unpaired) electrons. The summed E-state index contributed by atoms with van der Waals surface area (Å²) in [7, 11) is 0. The summed E-state index contributed by atoms with van der Waals surface area (Å²) in [6.07, 6.45) is 3.93. The molecule has 0 bridgehead atoms. The van der Waals surface area contributed by atoms with E-state index in [2.05, 4.69) is 35.2 Å². The predicted octanol–water partition coefficient (Wildman–Crippen LogP) is 2.40. The van der Waals surface area contributed by atoms with Gasteiger partial charge in [0.2, 0.25) is 0 Å². The van der Waals surface area contributed by atoms with Gasteiger partial charge < -0.3 is 10.5 Å². The van der Waals surface area contributed by atoms with E-state index in [1.165, 1.54) is 18.4 Å². The Bertz CT molecular complexity index is 351. The zero-order valence-electron chi connectivity index (χ0n) is 11.9. The van der Waals surface area contributed by atoms with Crippen molar-refractivity contribution in [2.24, 2.45) is 5.73 Å². The summed E-state index contributed by atoms with van der Waals surface area (Å²) < 4.78 is 5.64. The van der Waals surface area contributed by atoms with E-state index in [9.17, 15) is 0 Å². The smallest absolute Gasteiger partial charge is 0.0709 e. The summed E-state index contributed by atoms with van der Waals surface area (Å²) >= 11 is 0. The third-order valence-electron chi connectivity index (χ3n) is 3.70. The van der Waals surface area contributed by atoms with Crippen LogP contribution < -0.4 is 5.73 Å². The van der Waals surface area contributed by atoms with Gasteiger partial charge >= 0.3 is 0 Å². The molecule has 1 fully saturated rings. The Kier molecular flexibility index (Phi) is 5.83. The number of hydrogen-bond donors (Lipinski definition) is 1. The first-order chi connectivity index (χ1) is 9.33. The van der Waals surface area contributed by atoms with Gasteiger partial charge in [-0.15, -0.1) is 0 Å². The van der Waals surface area contributed by atoms with Crippen LogP contribution in [-0.4, -0.2) is 36.7 Å². The van der Waals surface area contributed by atoms with Crippen LogP contribution >= 0.6 is 0 Å². The summed E-state index contributed by atoms with van der Waals surface area (Å²) in [5, 5.41) is 0. The van der Waals surface area contributed by atoms with E-state index in [-0.39, 0.29) is 6.10 Å². The first kappa shape index (κ1) is 14.5. The van der Waals surface area contributed by atoms with Crippen molar-refractivity contribution in [2.75, 3.05) is 19.7 Å². The highest BCUT2D eigenvalue weighted by atomic mass is 16.5. The van der Waals surface area contributed by atoms with Crippen molar-refractivity contribution in [1.29, 1.82) is 0 Å². The molecule has 1 saturated carbocycles. The van der Waals surface area contributed by atoms with Crippen molar-refractivity contribution < 1.29 is 4.74 Å². The minimum atomic E-state index is 0.210. The maximum absolute atomic E-state index is 5.75. The fourth-order valence-electron chi connectivity index (χ4n) is 2.46. The lowest BCUT2D eigenvalue weighted by Crippen LogP contribution is -2.32. The molecule has 0 aliphatic heterocycles. The van der Waals surface area contributed by atoms with Crippen LogP contribution in [0.1, 0.15) is 31.7 Å². The van der Waals surface area contributed by atoms with Gasteiger partial charge in [0.05, 0.1) is 6.10 Å². The van der Waals surface area contributed by atoms with Crippen LogP contribution in [-0.2, 0) is 11.3 Å². The van der Waals surface area contributed by atoms with Crippen LogP contribution in [0.25, 0.3) is 0 Å². The topological polar surface area (TPSA) is 38.5 Å². The molecule has 2 rings (SSSR count). The molecule has 0 heterocycles. The van der Waals surface area contributed by atoms with Crippen molar-refractivity contribution >= 4 is 0 Å². The predicted molar refractivity (Wildman–Crippen MR) is 79.0 cm³/mol. The summed E-state index contributed by atoms with van der Waals surface area (Å²) in [6.45, 7) is 5.54. The normalized spacial score (nSPS) is 16.8. The number of nitrogens with zero attached hydrogens (tertiary/aromatic N) is 1. The highest BCUT2D eigenvalue weighted by molar-refractivity contribution is 5.14. The maximum Gasteiger partial charge on any atom is 0.0709 e. The van der Waals surface area contributed by atoms with Crippen LogP contribution in [0.3, 0.4) is 0 Å². The molecule has 2 N–H and O–H groups in total. The third kappa shape index (κ3) is 4.94. The average molecular weight is 262 g/mol. The molecule has 3 nitrogen and oxygen atoms in total. The van der Waals surface area contributed by atoms with Gasteiger partial charge in [-0.3, -0.25) is 4.90 Å². The molecule has 1 aromatic carbocycles. The standard InChI is InChI=1S/C16H26N2O/c1-2-19-16(12-17)10-11-18(15-8-9-15)13-14-6-4-3-5-7-14/h3-7,15-16H,2,8-13,17H2,1H3. The zero-order valence-corrected chi connectivity index (χ0v) is 11.9. The van der Waals surface area contributed by atoms with Crippen LogP contribution in [0, 0.1) is 0 Å². The lowest BCUT2D eigenvalue weighted by molar-refractivity contribution is 0.0527. The fourth-order valence-corrected chi connectivity index (χ4v) is 2.46. The van der Waals surface area contributed by atoms with Crippen LogP contribution in [0.4, 0.5) is 0 Å². The lowest BCUT2D eigenvalue weighted by atomic mass is 10.2. The second-order valence-corrected chi connectivity index (χ2v) is 5.29. The Morgan fingerprint density at radius 1 is 1.32 bits per heavy atom. The van der Waals surface area contributed by atoms with Crippen molar-refractivity contribution in [3.63, 3.8) is 0 Å². The quantitative estimate of drug-likeness (QED) is 0.742. The number of nitrogens with two attached hydrogens (primary N) is 1. The Morgan fingerprint density at radius 3 is 2.63 bits per heavy atom.